The summed E-state index contributed by atoms with van der Waals surface area (Å²) in [6.45, 7) is 1.98. The first kappa shape index (κ1) is 12.3. The number of hydrogen-bond donors (Lipinski definition) is 0. The lowest BCUT2D eigenvalue weighted by Gasteiger charge is -1.96. The zero-order valence-electron chi connectivity index (χ0n) is 8.62. The highest BCUT2D eigenvalue weighted by atomic mass is 35.5. The van der Waals surface area contributed by atoms with Crippen LogP contribution in [0.3, 0.4) is 0 Å². The summed E-state index contributed by atoms with van der Waals surface area (Å²) in [6.07, 6.45) is 0.689. The minimum Gasteiger partial charge on any atom is -0.456 e. The molecule has 0 radical (unpaired) electrons. The van der Waals surface area contributed by atoms with Crippen LogP contribution in [0.4, 0.5) is 0 Å². The van der Waals surface area contributed by atoms with Gasteiger partial charge in [-0.05, 0) is 19.1 Å². The van der Waals surface area contributed by atoms with Crippen LogP contribution in [0, 0.1) is 11.8 Å². The Morgan fingerprint density at radius 3 is 2.88 bits per heavy atom. The van der Waals surface area contributed by atoms with Crippen molar-refractivity contribution in [2.75, 3.05) is 6.61 Å². The van der Waals surface area contributed by atoms with Crippen LogP contribution < -0.4 is 0 Å². The average molecular weight is 237 g/mol. The Morgan fingerprint density at radius 1 is 1.56 bits per heavy atom. The third kappa shape index (κ3) is 3.41. The van der Waals surface area contributed by atoms with Crippen LogP contribution in [0.2, 0.25) is 5.02 Å². The van der Waals surface area contributed by atoms with Crippen LogP contribution >= 0.6 is 11.6 Å². The topological polar surface area (TPSA) is 43.4 Å². The van der Waals surface area contributed by atoms with E-state index in [0.29, 0.717) is 22.4 Å². The molecule has 0 aromatic heterocycles. The summed E-state index contributed by atoms with van der Waals surface area (Å²) in [5, 5.41) is 0.335. The van der Waals surface area contributed by atoms with Crippen LogP contribution in [-0.2, 0) is 9.53 Å². The summed E-state index contributed by atoms with van der Waals surface area (Å²) in [5.74, 6) is 4.27. The number of aldehydes is 1. The molecule has 16 heavy (non-hydrogen) atoms. The fourth-order valence-corrected chi connectivity index (χ4v) is 1.23. The Labute approximate surface area is 98.4 Å². The van der Waals surface area contributed by atoms with Crippen molar-refractivity contribution < 1.29 is 14.3 Å². The second kappa shape index (κ2) is 5.94. The minimum atomic E-state index is -0.599. The highest BCUT2D eigenvalue weighted by molar-refractivity contribution is 6.32. The van der Waals surface area contributed by atoms with E-state index in [1.54, 1.807) is 19.1 Å². The number of carbonyl (C=O) groups is 2. The average Bonchev–Trinajstić information content (AvgIpc) is 2.27. The van der Waals surface area contributed by atoms with Gasteiger partial charge in [-0.1, -0.05) is 23.6 Å². The largest absolute Gasteiger partial charge is 0.456 e. The van der Waals surface area contributed by atoms with Gasteiger partial charge in [-0.2, -0.15) is 0 Å². The van der Waals surface area contributed by atoms with Gasteiger partial charge in [-0.25, -0.2) is 4.79 Å². The minimum absolute atomic E-state index is 0.283. The third-order valence-electron chi connectivity index (χ3n) is 1.70. The van der Waals surface area contributed by atoms with Gasteiger partial charge >= 0.3 is 5.97 Å². The Morgan fingerprint density at radius 2 is 2.31 bits per heavy atom. The maximum absolute atomic E-state index is 11.0. The van der Waals surface area contributed by atoms with Gasteiger partial charge in [-0.3, -0.25) is 4.79 Å². The second-order valence-corrected chi connectivity index (χ2v) is 3.23. The van der Waals surface area contributed by atoms with Gasteiger partial charge in [0.05, 0.1) is 11.6 Å². The predicted octanol–water partition coefficient (Wildman–Crippen LogP) is 2.07. The molecule has 0 saturated carbocycles. The van der Waals surface area contributed by atoms with E-state index in [4.69, 9.17) is 11.6 Å². The van der Waals surface area contributed by atoms with Crippen molar-refractivity contribution in [3.63, 3.8) is 0 Å². The fourth-order valence-electron chi connectivity index (χ4n) is 0.992. The Balaban J connectivity index is 2.89. The van der Waals surface area contributed by atoms with E-state index < -0.39 is 5.97 Å². The quantitative estimate of drug-likeness (QED) is 0.449. The van der Waals surface area contributed by atoms with Gasteiger partial charge in [0.2, 0.25) is 0 Å². The maximum Gasteiger partial charge on any atom is 0.384 e. The monoisotopic (exact) mass is 236 g/mol. The molecule has 0 spiro atoms. The molecule has 0 aliphatic carbocycles. The molecule has 0 unspecified atom stereocenters. The molecule has 1 aromatic carbocycles. The molecule has 0 atom stereocenters. The molecule has 0 N–H and O–H groups in total. The van der Waals surface area contributed by atoms with E-state index in [1.807, 2.05) is 0 Å². The van der Waals surface area contributed by atoms with E-state index in [9.17, 15) is 9.59 Å². The lowest BCUT2D eigenvalue weighted by molar-refractivity contribution is -0.136. The van der Waals surface area contributed by atoms with Crippen LogP contribution in [0.25, 0.3) is 0 Å². The zero-order chi connectivity index (χ0) is 12.0. The zero-order valence-corrected chi connectivity index (χ0v) is 9.38. The Kier molecular flexibility index (Phi) is 4.56. The normalized spacial score (nSPS) is 8.88. The molecule has 0 saturated heterocycles. The molecule has 0 aliphatic rings. The van der Waals surface area contributed by atoms with Gasteiger partial charge in [0.25, 0.3) is 0 Å². The van der Waals surface area contributed by atoms with Crippen molar-refractivity contribution in [2.45, 2.75) is 6.92 Å². The number of carbonyl (C=O) groups excluding carboxylic acids is 2. The smallest absolute Gasteiger partial charge is 0.384 e. The summed E-state index contributed by atoms with van der Waals surface area (Å²) >= 11 is 5.86. The van der Waals surface area contributed by atoms with E-state index in [2.05, 4.69) is 16.6 Å². The fraction of sp³-hybridized carbons (Fsp3) is 0.167. The van der Waals surface area contributed by atoms with Crippen molar-refractivity contribution in [3.8, 4) is 11.8 Å². The van der Waals surface area contributed by atoms with Crippen molar-refractivity contribution >= 4 is 23.9 Å². The first-order chi connectivity index (χ1) is 7.67. The molecule has 0 bridgehead atoms. The predicted molar refractivity (Wildman–Crippen MR) is 60.4 cm³/mol. The standard InChI is InChI=1S/C12H9ClO3/c1-2-16-12(15)6-5-10-4-3-9(8-14)7-11(10)13/h3-4,7-8H,2H2,1H3. The number of ether oxygens (including phenoxy) is 1. The lowest BCUT2D eigenvalue weighted by Crippen LogP contribution is -1.99. The van der Waals surface area contributed by atoms with E-state index in [0.717, 1.165) is 0 Å². The van der Waals surface area contributed by atoms with Crippen LogP contribution in [-0.4, -0.2) is 18.9 Å². The molecule has 82 valence electrons. The summed E-state index contributed by atoms with van der Waals surface area (Å²) in [4.78, 5) is 21.4. The first-order valence-corrected chi connectivity index (χ1v) is 4.98. The van der Waals surface area contributed by atoms with Crippen LogP contribution in [0.15, 0.2) is 18.2 Å². The van der Waals surface area contributed by atoms with Gasteiger partial charge in [0.15, 0.2) is 0 Å². The van der Waals surface area contributed by atoms with Gasteiger partial charge in [-0.15, -0.1) is 0 Å². The second-order valence-electron chi connectivity index (χ2n) is 2.83. The summed E-state index contributed by atoms with van der Waals surface area (Å²) in [5.41, 5.74) is 0.951. The van der Waals surface area contributed by atoms with E-state index in [-0.39, 0.29) is 6.61 Å². The molecular weight excluding hydrogens is 228 g/mol. The third-order valence-corrected chi connectivity index (χ3v) is 2.02. The number of rotatable bonds is 2. The summed E-state index contributed by atoms with van der Waals surface area (Å²) in [7, 11) is 0. The Hall–Kier alpha value is -1.79. The molecule has 4 heteroatoms. The molecule has 3 nitrogen and oxygen atoms in total. The van der Waals surface area contributed by atoms with E-state index >= 15 is 0 Å². The number of hydrogen-bond acceptors (Lipinski definition) is 3. The van der Waals surface area contributed by atoms with Crippen molar-refractivity contribution in [2.24, 2.45) is 0 Å². The van der Waals surface area contributed by atoms with Crippen LogP contribution in [0.1, 0.15) is 22.8 Å². The Bertz CT molecular complexity index is 469. The summed E-state index contributed by atoms with van der Waals surface area (Å²) < 4.78 is 4.64. The van der Waals surface area contributed by atoms with Crippen molar-refractivity contribution in [1.82, 2.24) is 0 Å². The number of halogens is 1. The lowest BCUT2D eigenvalue weighted by atomic mass is 10.1. The van der Waals surface area contributed by atoms with Gasteiger partial charge < -0.3 is 4.74 Å². The highest BCUT2D eigenvalue weighted by Crippen LogP contribution is 2.15. The van der Waals surface area contributed by atoms with Crippen LogP contribution in [0.5, 0.6) is 0 Å². The molecule has 0 aliphatic heterocycles. The van der Waals surface area contributed by atoms with Crippen molar-refractivity contribution in [3.05, 3.63) is 34.3 Å². The highest BCUT2D eigenvalue weighted by Gasteiger charge is 1.99. The number of esters is 1. The molecule has 1 rings (SSSR count). The molecular formula is C12H9ClO3. The first-order valence-electron chi connectivity index (χ1n) is 4.61. The molecule has 1 aromatic rings. The molecule has 0 amide bonds. The van der Waals surface area contributed by atoms with E-state index in [1.165, 1.54) is 6.07 Å². The SMILES string of the molecule is CCOC(=O)C#Cc1ccc(C=O)cc1Cl. The summed E-state index contributed by atoms with van der Waals surface area (Å²) in [6, 6.07) is 4.65. The molecule has 0 fully saturated rings. The maximum atomic E-state index is 11.0. The molecule has 0 heterocycles. The van der Waals surface area contributed by atoms with Crippen molar-refractivity contribution in [1.29, 1.82) is 0 Å². The number of benzene rings is 1. The van der Waals surface area contributed by atoms with Gasteiger partial charge in [0.1, 0.15) is 6.29 Å². The van der Waals surface area contributed by atoms with Gasteiger partial charge in [0, 0.05) is 17.0 Å².